The molecule has 0 radical (unpaired) electrons. The zero-order valence-corrected chi connectivity index (χ0v) is 18.3. The second-order valence-corrected chi connectivity index (χ2v) is 9.70. The van der Waals surface area contributed by atoms with Crippen molar-refractivity contribution in [1.82, 2.24) is 0 Å². The molecule has 2 saturated carbocycles. The Morgan fingerprint density at radius 3 is 2.59 bits per heavy atom. The van der Waals surface area contributed by atoms with Crippen LogP contribution in [0.3, 0.4) is 0 Å². The first-order chi connectivity index (χ1) is 13.8. The van der Waals surface area contributed by atoms with Crippen molar-refractivity contribution in [2.75, 3.05) is 0 Å². The highest BCUT2D eigenvalue weighted by molar-refractivity contribution is 5.69. The van der Waals surface area contributed by atoms with Gasteiger partial charge >= 0.3 is 11.9 Å². The van der Waals surface area contributed by atoms with Gasteiger partial charge in [-0.3, -0.25) is 9.59 Å². The van der Waals surface area contributed by atoms with Gasteiger partial charge in [-0.25, -0.2) is 0 Å². The first-order valence-electron chi connectivity index (χ1n) is 11.3. The third-order valence-corrected chi connectivity index (χ3v) is 8.24. The molecule has 0 N–H and O–H groups in total. The second-order valence-electron chi connectivity index (χ2n) is 9.70. The topological polar surface area (TPSA) is 52.6 Å². The maximum atomic E-state index is 12.0. The van der Waals surface area contributed by atoms with E-state index in [9.17, 15) is 9.59 Å². The van der Waals surface area contributed by atoms with E-state index in [0.29, 0.717) is 23.5 Å². The SMILES string of the molecule is CCCC1(OC(C)=O)CCC2C3CCc4cc(OC(C)=O)ccc4C3CCC21C. The molecule has 4 nitrogen and oxygen atoms in total. The summed E-state index contributed by atoms with van der Waals surface area (Å²) < 4.78 is 11.4. The van der Waals surface area contributed by atoms with Crippen LogP contribution < -0.4 is 4.74 Å². The molecule has 0 amide bonds. The Hall–Kier alpha value is -1.84. The van der Waals surface area contributed by atoms with E-state index in [1.807, 2.05) is 6.07 Å². The Morgan fingerprint density at radius 1 is 1.10 bits per heavy atom. The number of benzene rings is 1. The van der Waals surface area contributed by atoms with Crippen LogP contribution in [-0.4, -0.2) is 17.5 Å². The lowest BCUT2D eigenvalue weighted by atomic mass is 9.53. The predicted molar refractivity (Wildman–Crippen MR) is 112 cm³/mol. The summed E-state index contributed by atoms with van der Waals surface area (Å²) >= 11 is 0. The van der Waals surface area contributed by atoms with Crippen LogP contribution in [0.1, 0.15) is 89.7 Å². The Balaban J connectivity index is 1.63. The molecule has 0 saturated heterocycles. The predicted octanol–water partition coefficient (Wildman–Crippen LogP) is 5.57. The van der Waals surface area contributed by atoms with E-state index in [0.717, 1.165) is 44.9 Å². The van der Waals surface area contributed by atoms with Crippen molar-refractivity contribution >= 4 is 11.9 Å². The molecule has 3 aliphatic rings. The van der Waals surface area contributed by atoms with Gasteiger partial charge in [0, 0.05) is 19.3 Å². The summed E-state index contributed by atoms with van der Waals surface area (Å²) in [7, 11) is 0. The number of hydrogen-bond acceptors (Lipinski definition) is 4. The Labute approximate surface area is 174 Å². The highest BCUT2D eigenvalue weighted by Gasteiger charge is 2.63. The highest BCUT2D eigenvalue weighted by atomic mass is 16.6. The van der Waals surface area contributed by atoms with Crippen LogP contribution in [0.2, 0.25) is 0 Å². The quantitative estimate of drug-likeness (QED) is 0.491. The molecule has 0 heterocycles. The van der Waals surface area contributed by atoms with Crippen LogP contribution in [0.5, 0.6) is 5.75 Å². The molecule has 0 aliphatic heterocycles. The number of ether oxygens (including phenoxy) is 2. The molecule has 5 unspecified atom stereocenters. The smallest absolute Gasteiger partial charge is 0.308 e. The average Bonchev–Trinajstić information content (AvgIpc) is 2.93. The molecule has 1 aromatic rings. The van der Waals surface area contributed by atoms with Crippen LogP contribution in [0.15, 0.2) is 18.2 Å². The van der Waals surface area contributed by atoms with E-state index in [4.69, 9.17) is 9.47 Å². The maximum Gasteiger partial charge on any atom is 0.308 e. The number of hydrogen-bond donors (Lipinski definition) is 0. The molecule has 158 valence electrons. The Bertz CT molecular complexity index is 815. The van der Waals surface area contributed by atoms with E-state index in [2.05, 4.69) is 26.0 Å². The molecule has 0 spiro atoms. The highest BCUT2D eigenvalue weighted by Crippen LogP contribution is 2.66. The average molecular weight is 399 g/mol. The van der Waals surface area contributed by atoms with Crippen molar-refractivity contribution in [1.29, 1.82) is 0 Å². The number of rotatable bonds is 4. The van der Waals surface area contributed by atoms with Crippen LogP contribution in [0.25, 0.3) is 0 Å². The van der Waals surface area contributed by atoms with Gasteiger partial charge in [-0.05, 0) is 86.0 Å². The summed E-state index contributed by atoms with van der Waals surface area (Å²) in [6.45, 7) is 7.62. The largest absolute Gasteiger partial charge is 0.459 e. The summed E-state index contributed by atoms with van der Waals surface area (Å²) in [5, 5.41) is 0. The summed E-state index contributed by atoms with van der Waals surface area (Å²) in [4.78, 5) is 23.3. The Kier molecular flexibility index (Phi) is 5.25. The molecular formula is C25H34O4. The number of esters is 2. The van der Waals surface area contributed by atoms with Crippen LogP contribution in [0.4, 0.5) is 0 Å². The van der Waals surface area contributed by atoms with Gasteiger partial charge in [0.1, 0.15) is 11.4 Å². The van der Waals surface area contributed by atoms with E-state index in [1.165, 1.54) is 24.5 Å². The van der Waals surface area contributed by atoms with Gasteiger partial charge < -0.3 is 9.47 Å². The van der Waals surface area contributed by atoms with E-state index < -0.39 is 0 Å². The zero-order valence-electron chi connectivity index (χ0n) is 18.3. The van der Waals surface area contributed by atoms with Crippen molar-refractivity contribution in [3.8, 4) is 5.75 Å². The van der Waals surface area contributed by atoms with Gasteiger partial charge in [0.25, 0.3) is 0 Å². The first kappa shape index (κ1) is 20.4. The van der Waals surface area contributed by atoms with Crippen LogP contribution >= 0.6 is 0 Å². The minimum Gasteiger partial charge on any atom is -0.459 e. The number of carbonyl (C=O) groups is 2. The number of carbonyl (C=O) groups excluding carboxylic acids is 2. The molecule has 0 aromatic heterocycles. The lowest BCUT2D eigenvalue weighted by Crippen LogP contribution is -2.52. The first-order valence-corrected chi connectivity index (χ1v) is 11.3. The fraction of sp³-hybridized carbons (Fsp3) is 0.680. The number of fused-ring (bicyclic) bond motifs is 5. The monoisotopic (exact) mass is 398 g/mol. The summed E-state index contributed by atoms with van der Waals surface area (Å²) in [5.41, 5.74) is 2.57. The fourth-order valence-corrected chi connectivity index (χ4v) is 7.19. The van der Waals surface area contributed by atoms with Crippen LogP contribution in [0, 0.1) is 17.3 Å². The lowest BCUT2D eigenvalue weighted by Gasteiger charge is -2.54. The molecule has 2 fully saturated rings. The third-order valence-electron chi connectivity index (χ3n) is 8.24. The zero-order chi connectivity index (χ0) is 20.8. The van der Waals surface area contributed by atoms with Crippen molar-refractivity contribution in [2.45, 2.75) is 90.6 Å². The molecular weight excluding hydrogens is 364 g/mol. The minimum absolute atomic E-state index is 0.0744. The second kappa shape index (κ2) is 7.45. The Morgan fingerprint density at radius 2 is 1.90 bits per heavy atom. The van der Waals surface area contributed by atoms with Crippen molar-refractivity contribution in [3.05, 3.63) is 29.3 Å². The fourth-order valence-electron chi connectivity index (χ4n) is 7.19. The van der Waals surface area contributed by atoms with Gasteiger partial charge in [-0.15, -0.1) is 0 Å². The van der Waals surface area contributed by atoms with Gasteiger partial charge in [0.05, 0.1) is 0 Å². The van der Waals surface area contributed by atoms with Gasteiger partial charge in [0.2, 0.25) is 0 Å². The lowest BCUT2D eigenvalue weighted by molar-refractivity contribution is -0.179. The standard InChI is InChI=1S/C25H34O4/c1-5-12-25(29-17(3)27)14-11-23-22-8-6-18-15-19(28-16(2)26)7-9-20(18)21(22)10-13-24(23,25)4/h7,9,15,21-23H,5-6,8,10-14H2,1-4H3. The van der Waals surface area contributed by atoms with Crippen molar-refractivity contribution < 1.29 is 19.1 Å². The van der Waals surface area contributed by atoms with Crippen molar-refractivity contribution in [2.24, 2.45) is 17.3 Å². The molecule has 4 heteroatoms. The van der Waals surface area contributed by atoms with E-state index in [-0.39, 0.29) is 23.0 Å². The maximum absolute atomic E-state index is 12.0. The van der Waals surface area contributed by atoms with Gasteiger partial charge in [-0.2, -0.15) is 0 Å². The minimum atomic E-state index is -0.289. The molecule has 1 aromatic carbocycles. The molecule has 29 heavy (non-hydrogen) atoms. The number of aryl methyl sites for hydroxylation is 1. The van der Waals surface area contributed by atoms with E-state index >= 15 is 0 Å². The molecule has 3 aliphatic carbocycles. The third kappa shape index (κ3) is 3.29. The van der Waals surface area contributed by atoms with E-state index in [1.54, 1.807) is 6.92 Å². The van der Waals surface area contributed by atoms with Crippen LogP contribution in [-0.2, 0) is 20.7 Å². The molecule has 5 atom stereocenters. The normalized spacial score (nSPS) is 35.2. The molecule has 0 bridgehead atoms. The van der Waals surface area contributed by atoms with Crippen molar-refractivity contribution in [3.63, 3.8) is 0 Å². The molecule has 4 rings (SSSR count). The van der Waals surface area contributed by atoms with Gasteiger partial charge in [0.15, 0.2) is 0 Å². The summed E-state index contributed by atoms with van der Waals surface area (Å²) in [5.74, 6) is 2.08. The summed E-state index contributed by atoms with van der Waals surface area (Å²) in [6, 6.07) is 6.20. The van der Waals surface area contributed by atoms with Gasteiger partial charge in [-0.1, -0.05) is 26.3 Å². The summed E-state index contributed by atoms with van der Waals surface area (Å²) in [6.07, 6.45) is 8.64.